The lowest BCUT2D eigenvalue weighted by Gasteiger charge is -2.29. The fraction of sp³-hybridized carbons (Fsp3) is 0.636. The van der Waals surface area contributed by atoms with E-state index < -0.39 is 0 Å². The van der Waals surface area contributed by atoms with Crippen molar-refractivity contribution < 1.29 is 9.21 Å². The number of hydrogen-bond donors (Lipinski definition) is 0. The monoisotopic (exact) mass is 225 g/mol. The van der Waals surface area contributed by atoms with Crippen LogP contribution in [0.3, 0.4) is 0 Å². The minimum absolute atomic E-state index is 0.00887. The minimum atomic E-state index is 0.00887. The van der Waals surface area contributed by atoms with Crippen molar-refractivity contribution in [1.82, 2.24) is 4.98 Å². The van der Waals surface area contributed by atoms with E-state index in [1.807, 2.05) is 18.7 Å². The second-order valence-corrected chi connectivity index (χ2v) is 5.41. The van der Waals surface area contributed by atoms with Gasteiger partial charge in [-0.3, -0.25) is 4.79 Å². The molecule has 1 atom stereocenters. The number of nitrogens with zero attached hydrogens (tertiary/aromatic N) is 1. The molecule has 0 saturated carbocycles. The molecular weight excluding hydrogens is 210 g/mol. The number of oxazole rings is 1. The molecule has 1 aromatic heterocycles. The van der Waals surface area contributed by atoms with E-state index in [2.05, 4.69) is 11.9 Å². The van der Waals surface area contributed by atoms with Gasteiger partial charge in [0.1, 0.15) is 0 Å². The summed E-state index contributed by atoms with van der Waals surface area (Å²) in [7, 11) is 0. The lowest BCUT2D eigenvalue weighted by atomic mass is 9.87. The number of thioether (sulfide) groups is 1. The summed E-state index contributed by atoms with van der Waals surface area (Å²) in [6.45, 7) is 3.98. The standard InChI is InChI=1S/C11H15NO2S/c1-8-9(6-13)14-10(12-8)11(2)4-3-5-15-7-11/h6H,3-5,7H2,1-2H3. The van der Waals surface area contributed by atoms with E-state index in [1.54, 1.807) is 0 Å². The molecule has 15 heavy (non-hydrogen) atoms. The van der Waals surface area contributed by atoms with Crippen molar-refractivity contribution in [3.63, 3.8) is 0 Å². The Hall–Kier alpha value is -0.770. The summed E-state index contributed by atoms with van der Waals surface area (Å²) in [6.07, 6.45) is 3.03. The Morgan fingerprint density at radius 1 is 1.60 bits per heavy atom. The summed E-state index contributed by atoms with van der Waals surface area (Å²) in [5, 5.41) is 0. The third kappa shape index (κ3) is 1.95. The minimum Gasteiger partial charge on any atom is -0.437 e. The highest BCUT2D eigenvalue weighted by Crippen LogP contribution is 2.37. The third-order valence-corrected chi connectivity index (χ3v) is 4.31. The average Bonchev–Trinajstić information content (AvgIpc) is 2.61. The number of hydrogen-bond acceptors (Lipinski definition) is 4. The zero-order chi connectivity index (χ0) is 10.9. The van der Waals surface area contributed by atoms with Crippen LogP contribution in [0, 0.1) is 6.92 Å². The van der Waals surface area contributed by atoms with Gasteiger partial charge in [0.15, 0.2) is 12.0 Å². The summed E-state index contributed by atoms with van der Waals surface area (Å²) >= 11 is 1.93. The maximum absolute atomic E-state index is 10.7. The number of carbonyl (C=O) groups is 1. The van der Waals surface area contributed by atoms with Gasteiger partial charge >= 0.3 is 0 Å². The van der Waals surface area contributed by atoms with Crippen molar-refractivity contribution in [2.24, 2.45) is 0 Å². The first-order chi connectivity index (χ1) is 7.15. The van der Waals surface area contributed by atoms with Crippen LogP contribution in [0.4, 0.5) is 0 Å². The highest BCUT2D eigenvalue weighted by Gasteiger charge is 2.34. The molecule has 0 aromatic carbocycles. The number of rotatable bonds is 2. The lowest BCUT2D eigenvalue weighted by molar-refractivity contribution is 0.109. The summed E-state index contributed by atoms with van der Waals surface area (Å²) in [5.41, 5.74) is 0.714. The summed E-state index contributed by atoms with van der Waals surface area (Å²) in [5.74, 6) is 3.36. The van der Waals surface area contributed by atoms with E-state index in [-0.39, 0.29) is 5.41 Å². The van der Waals surface area contributed by atoms with Crippen LogP contribution in [-0.4, -0.2) is 22.8 Å². The molecule has 0 amide bonds. The van der Waals surface area contributed by atoms with Crippen molar-refractivity contribution in [3.8, 4) is 0 Å². The van der Waals surface area contributed by atoms with Crippen LogP contribution >= 0.6 is 11.8 Å². The van der Waals surface area contributed by atoms with Crippen LogP contribution in [0.15, 0.2) is 4.42 Å². The smallest absolute Gasteiger partial charge is 0.202 e. The molecule has 3 nitrogen and oxygen atoms in total. The van der Waals surface area contributed by atoms with Gasteiger partial charge in [-0.25, -0.2) is 4.98 Å². The molecule has 1 aromatic rings. The van der Waals surface area contributed by atoms with Crippen LogP contribution in [0.5, 0.6) is 0 Å². The van der Waals surface area contributed by atoms with Gasteiger partial charge in [-0.1, -0.05) is 6.92 Å². The molecule has 1 aliphatic rings. The van der Waals surface area contributed by atoms with Crippen LogP contribution in [-0.2, 0) is 5.41 Å². The molecule has 1 unspecified atom stereocenters. The van der Waals surface area contributed by atoms with Gasteiger partial charge in [0.25, 0.3) is 0 Å². The van der Waals surface area contributed by atoms with E-state index in [1.165, 1.54) is 12.2 Å². The number of aryl methyl sites for hydroxylation is 1. The molecule has 2 heterocycles. The first kappa shape index (κ1) is 10.7. The molecule has 1 aliphatic heterocycles. The summed E-state index contributed by atoms with van der Waals surface area (Å²) in [6, 6.07) is 0. The zero-order valence-electron chi connectivity index (χ0n) is 9.08. The van der Waals surface area contributed by atoms with Crippen molar-refractivity contribution in [2.45, 2.75) is 32.1 Å². The van der Waals surface area contributed by atoms with Crippen LogP contribution < -0.4 is 0 Å². The fourth-order valence-corrected chi connectivity index (χ4v) is 3.09. The van der Waals surface area contributed by atoms with E-state index >= 15 is 0 Å². The second kappa shape index (κ2) is 4.00. The second-order valence-electron chi connectivity index (χ2n) is 4.30. The molecule has 0 spiro atoms. The number of aldehydes is 1. The summed E-state index contributed by atoms with van der Waals surface area (Å²) < 4.78 is 5.51. The normalized spacial score (nSPS) is 26.5. The van der Waals surface area contributed by atoms with Gasteiger partial charge in [-0.15, -0.1) is 0 Å². The lowest BCUT2D eigenvalue weighted by Crippen LogP contribution is -2.29. The Labute approximate surface area is 93.6 Å². The van der Waals surface area contributed by atoms with Crippen LogP contribution in [0.1, 0.15) is 41.9 Å². The quantitative estimate of drug-likeness (QED) is 0.725. The van der Waals surface area contributed by atoms with Crippen LogP contribution in [0.2, 0.25) is 0 Å². The molecule has 0 bridgehead atoms. The van der Waals surface area contributed by atoms with Crippen molar-refractivity contribution in [3.05, 3.63) is 17.3 Å². The largest absolute Gasteiger partial charge is 0.437 e. The molecule has 82 valence electrons. The van der Waals surface area contributed by atoms with Gasteiger partial charge in [0.05, 0.1) is 11.1 Å². The number of carbonyl (C=O) groups excluding carboxylic acids is 1. The molecule has 2 rings (SSSR count). The topological polar surface area (TPSA) is 43.1 Å². The van der Waals surface area contributed by atoms with Gasteiger partial charge in [0.2, 0.25) is 5.89 Å². The van der Waals surface area contributed by atoms with E-state index in [4.69, 9.17) is 4.42 Å². The summed E-state index contributed by atoms with van der Waals surface area (Å²) in [4.78, 5) is 15.1. The molecule has 0 aliphatic carbocycles. The predicted octanol–water partition coefficient (Wildman–Crippen LogP) is 2.58. The van der Waals surface area contributed by atoms with Gasteiger partial charge in [-0.05, 0) is 25.5 Å². The first-order valence-electron chi connectivity index (χ1n) is 5.16. The SMILES string of the molecule is Cc1nc(C2(C)CCCSC2)oc1C=O. The Morgan fingerprint density at radius 2 is 2.40 bits per heavy atom. The van der Waals surface area contributed by atoms with Crippen molar-refractivity contribution >= 4 is 18.0 Å². The highest BCUT2D eigenvalue weighted by atomic mass is 32.2. The average molecular weight is 225 g/mol. The van der Waals surface area contributed by atoms with Gasteiger partial charge < -0.3 is 4.42 Å². The molecule has 1 saturated heterocycles. The van der Waals surface area contributed by atoms with Gasteiger partial charge in [-0.2, -0.15) is 11.8 Å². The van der Waals surface area contributed by atoms with Crippen molar-refractivity contribution in [2.75, 3.05) is 11.5 Å². The van der Waals surface area contributed by atoms with E-state index in [0.29, 0.717) is 11.5 Å². The highest BCUT2D eigenvalue weighted by molar-refractivity contribution is 7.99. The number of aromatic nitrogens is 1. The van der Waals surface area contributed by atoms with E-state index in [0.717, 1.165) is 24.4 Å². The zero-order valence-corrected chi connectivity index (χ0v) is 9.89. The Kier molecular flexibility index (Phi) is 2.87. The van der Waals surface area contributed by atoms with Crippen molar-refractivity contribution in [1.29, 1.82) is 0 Å². The van der Waals surface area contributed by atoms with Crippen LogP contribution in [0.25, 0.3) is 0 Å². The fourth-order valence-electron chi connectivity index (χ4n) is 1.88. The van der Waals surface area contributed by atoms with E-state index in [9.17, 15) is 4.79 Å². The maximum atomic E-state index is 10.7. The molecular formula is C11H15NO2S. The molecule has 0 N–H and O–H groups in total. The Bertz CT molecular complexity index is 367. The molecule has 0 radical (unpaired) electrons. The Morgan fingerprint density at radius 3 is 2.93 bits per heavy atom. The molecule has 1 fully saturated rings. The predicted molar refractivity (Wildman–Crippen MR) is 60.5 cm³/mol. The maximum Gasteiger partial charge on any atom is 0.202 e. The van der Waals surface area contributed by atoms with Gasteiger partial charge in [0, 0.05) is 5.75 Å². The third-order valence-electron chi connectivity index (χ3n) is 2.89. The first-order valence-corrected chi connectivity index (χ1v) is 6.32. The molecule has 4 heteroatoms. The Balaban J connectivity index is 2.30.